The summed E-state index contributed by atoms with van der Waals surface area (Å²) in [5, 5.41) is 2.21. The molecule has 0 aromatic heterocycles. The van der Waals surface area contributed by atoms with E-state index in [1.807, 2.05) is 43.3 Å². The second kappa shape index (κ2) is 8.20. The number of nitrogens with zero attached hydrogens (tertiary/aromatic N) is 1. The lowest BCUT2D eigenvalue weighted by molar-refractivity contribution is 0.592. The van der Waals surface area contributed by atoms with Crippen LogP contribution in [0.2, 0.25) is 0 Å². The number of aryl methyl sites for hydroxylation is 2. The van der Waals surface area contributed by atoms with Crippen molar-refractivity contribution in [1.29, 1.82) is 0 Å². The van der Waals surface area contributed by atoms with Gasteiger partial charge in [-0.2, -0.15) is 0 Å². The zero-order valence-corrected chi connectivity index (χ0v) is 19.8. The average Bonchev–Trinajstić information content (AvgIpc) is 3.24. The average molecular weight is 454 g/mol. The molecule has 1 heterocycles. The molecule has 0 saturated carbocycles. The number of anilines is 1. The molecule has 0 spiro atoms. The van der Waals surface area contributed by atoms with Crippen molar-refractivity contribution in [2.45, 2.75) is 31.1 Å². The molecule has 33 heavy (non-hydrogen) atoms. The lowest BCUT2D eigenvalue weighted by Gasteiger charge is -2.27. The molecular formula is C29H27NO2S. The molecule has 1 unspecified atom stereocenters. The molecule has 1 aliphatic rings. The summed E-state index contributed by atoms with van der Waals surface area (Å²) in [6.07, 6.45) is 2.62. The van der Waals surface area contributed by atoms with Crippen molar-refractivity contribution < 1.29 is 8.42 Å². The minimum Gasteiger partial charge on any atom is -0.265 e. The van der Waals surface area contributed by atoms with E-state index in [4.69, 9.17) is 0 Å². The second-order valence-electron chi connectivity index (χ2n) is 8.79. The molecule has 5 rings (SSSR count). The van der Waals surface area contributed by atoms with Crippen LogP contribution in [0, 0.1) is 13.8 Å². The Balaban J connectivity index is 1.79. The Morgan fingerprint density at radius 1 is 0.909 bits per heavy atom. The number of allylic oxidation sites excluding steroid dienone is 1. The lowest BCUT2D eigenvalue weighted by atomic mass is 9.85. The Morgan fingerprint density at radius 2 is 1.61 bits per heavy atom. The topological polar surface area (TPSA) is 37.4 Å². The van der Waals surface area contributed by atoms with Crippen LogP contribution in [-0.2, 0) is 16.4 Å². The van der Waals surface area contributed by atoms with Gasteiger partial charge in [0.25, 0.3) is 10.0 Å². The van der Waals surface area contributed by atoms with Gasteiger partial charge in [0, 0.05) is 12.5 Å². The molecule has 0 fully saturated rings. The van der Waals surface area contributed by atoms with E-state index < -0.39 is 10.0 Å². The molecule has 0 radical (unpaired) electrons. The van der Waals surface area contributed by atoms with Gasteiger partial charge >= 0.3 is 0 Å². The molecule has 0 saturated heterocycles. The first kappa shape index (κ1) is 21.5. The van der Waals surface area contributed by atoms with E-state index in [0.29, 0.717) is 17.9 Å². The maximum Gasteiger partial charge on any atom is 0.264 e. The van der Waals surface area contributed by atoms with Gasteiger partial charge in [0.2, 0.25) is 0 Å². The SMILES string of the molecule is C=CC(c1ccccc1)c1c2c(cc3cc(C)ccc13)CCN2S(=O)(=O)c1ccc(C)cc1. The van der Waals surface area contributed by atoms with Crippen molar-refractivity contribution in [3.8, 4) is 0 Å². The summed E-state index contributed by atoms with van der Waals surface area (Å²) in [7, 11) is -3.69. The van der Waals surface area contributed by atoms with E-state index in [-0.39, 0.29) is 5.92 Å². The second-order valence-corrected chi connectivity index (χ2v) is 10.6. The van der Waals surface area contributed by atoms with Gasteiger partial charge in [-0.25, -0.2) is 8.42 Å². The lowest BCUT2D eigenvalue weighted by Crippen LogP contribution is -2.30. The summed E-state index contributed by atoms with van der Waals surface area (Å²) in [5.41, 5.74) is 6.21. The number of hydrogen-bond acceptors (Lipinski definition) is 2. The van der Waals surface area contributed by atoms with Crippen LogP contribution in [0.4, 0.5) is 5.69 Å². The Hall–Kier alpha value is -3.37. The largest absolute Gasteiger partial charge is 0.265 e. The van der Waals surface area contributed by atoms with Gasteiger partial charge in [-0.15, -0.1) is 6.58 Å². The van der Waals surface area contributed by atoms with Crippen molar-refractivity contribution in [3.63, 3.8) is 0 Å². The van der Waals surface area contributed by atoms with E-state index >= 15 is 0 Å². The zero-order chi connectivity index (χ0) is 23.2. The smallest absolute Gasteiger partial charge is 0.264 e. The molecule has 166 valence electrons. The standard InChI is InChI=1S/C29H27NO2S/c1-4-26(22-8-6-5-7-9-22)28-27-15-12-21(3)18-24(27)19-23-16-17-30(29(23)28)33(31,32)25-13-10-20(2)11-14-25/h4-15,18-19,26H,1,16-17H2,2-3H3. The van der Waals surface area contributed by atoms with Crippen LogP contribution < -0.4 is 4.31 Å². The Kier molecular flexibility index (Phi) is 5.34. The maximum absolute atomic E-state index is 13.8. The van der Waals surface area contributed by atoms with Crippen molar-refractivity contribution in [1.82, 2.24) is 0 Å². The predicted molar refractivity (Wildman–Crippen MR) is 137 cm³/mol. The fourth-order valence-electron chi connectivity index (χ4n) is 4.90. The quantitative estimate of drug-likeness (QED) is 0.322. The third-order valence-corrected chi connectivity index (χ3v) is 8.35. The van der Waals surface area contributed by atoms with Crippen molar-refractivity contribution >= 4 is 26.5 Å². The number of sulfonamides is 1. The van der Waals surface area contributed by atoms with E-state index in [1.54, 1.807) is 16.4 Å². The first-order valence-electron chi connectivity index (χ1n) is 11.2. The molecule has 4 aromatic rings. The molecule has 0 aliphatic carbocycles. The fourth-order valence-corrected chi connectivity index (χ4v) is 6.42. The van der Waals surface area contributed by atoms with E-state index in [2.05, 4.69) is 49.9 Å². The minimum atomic E-state index is -3.69. The third-order valence-electron chi connectivity index (χ3n) is 6.53. The Bertz CT molecular complexity index is 1460. The molecule has 4 aromatic carbocycles. The molecular weight excluding hydrogens is 426 g/mol. The van der Waals surface area contributed by atoms with Gasteiger partial charge in [-0.05, 0) is 65.9 Å². The molecule has 1 aliphatic heterocycles. The molecule has 4 heteroatoms. The van der Waals surface area contributed by atoms with Crippen molar-refractivity contribution in [3.05, 3.63) is 119 Å². The van der Waals surface area contributed by atoms with E-state index in [9.17, 15) is 8.42 Å². The molecule has 1 atom stereocenters. The van der Waals surface area contributed by atoms with Crippen molar-refractivity contribution in [2.24, 2.45) is 0 Å². The number of fused-ring (bicyclic) bond motifs is 2. The van der Waals surface area contributed by atoms with Crippen LogP contribution in [0.3, 0.4) is 0 Å². The molecule has 0 bridgehead atoms. The predicted octanol–water partition coefficient (Wildman–Crippen LogP) is 6.53. The number of hydrogen-bond donors (Lipinski definition) is 0. The molecule has 0 N–H and O–H groups in total. The van der Waals surface area contributed by atoms with Crippen LogP contribution >= 0.6 is 0 Å². The third kappa shape index (κ3) is 3.65. The highest BCUT2D eigenvalue weighted by atomic mass is 32.2. The van der Waals surface area contributed by atoms with Crippen LogP contribution in [-0.4, -0.2) is 15.0 Å². The van der Waals surface area contributed by atoms with E-state index in [1.165, 1.54) is 5.56 Å². The van der Waals surface area contributed by atoms with Crippen molar-refractivity contribution in [2.75, 3.05) is 10.8 Å². The first-order valence-corrected chi connectivity index (χ1v) is 12.7. The van der Waals surface area contributed by atoms with Crippen LogP contribution in [0.5, 0.6) is 0 Å². The summed E-state index contributed by atoms with van der Waals surface area (Å²) in [5.74, 6) is -0.125. The minimum absolute atomic E-state index is 0.125. The van der Waals surface area contributed by atoms with Gasteiger partial charge in [0.15, 0.2) is 0 Å². The highest BCUT2D eigenvalue weighted by Crippen LogP contribution is 2.45. The summed E-state index contributed by atoms with van der Waals surface area (Å²) in [6, 6.07) is 25.9. The van der Waals surface area contributed by atoms with E-state index in [0.717, 1.165) is 38.7 Å². The maximum atomic E-state index is 13.8. The fraction of sp³-hybridized carbons (Fsp3) is 0.172. The van der Waals surface area contributed by atoms with Gasteiger partial charge < -0.3 is 0 Å². The molecule has 0 amide bonds. The van der Waals surface area contributed by atoms with Crippen LogP contribution in [0.15, 0.2) is 96.4 Å². The number of rotatable bonds is 5. The first-order chi connectivity index (χ1) is 15.9. The number of benzene rings is 4. The highest BCUT2D eigenvalue weighted by Gasteiger charge is 2.35. The summed E-state index contributed by atoms with van der Waals surface area (Å²) < 4.78 is 29.2. The monoisotopic (exact) mass is 453 g/mol. The van der Waals surface area contributed by atoms with Crippen LogP contribution in [0.1, 0.15) is 33.7 Å². The Morgan fingerprint density at radius 3 is 2.30 bits per heavy atom. The normalized spacial score (nSPS) is 14.3. The van der Waals surface area contributed by atoms with Gasteiger partial charge in [0.1, 0.15) is 0 Å². The zero-order valence-electron chi connectivity index (χ0n) is 19.0. The van der Waals surface area contributed by atoms with Crippen LogP contribution in [0.25, 0.3) is 10.8 Å². The summed E-state index contributed by atoms with van der Waals surface area (Å²) in [4.78, 5) is 0.325. The van der Waals surface area contributed by atoms with Gasteiger partial charge in [-0.1, -0.05) is 77.9 Å². The summed E-state index contributed by atoms with van der Waals surface area (Å²) >= 11 is 0. The summed E-state index contributed by atoms with van der Waals surface area (Å²) in [6.45, 7) is 8.63. The van der Waals surface area contributed by atoms with Gasteiger partial charge in [0.05, 0.1) is 10.6 Å². The highest BCUT2D eigenvalue weighted by molar-refractivity contribution is 7.92. The van der Waals surface area contributed by atoms with Gasteiger partial charge in [-0.3, -0.25) is 4.31 Å². The molecule has 3 nitrogen and oxygen atoms in total. The Labute approximate surface area is 196 Å².